The molecule has 8 aromatic rings. The van der Waals surface area contributed by atoms with Crippen molar-refractivity contribution in [2.75, 3.05) is 0 Å². The average molecular weight is 588 g/mol. The van der Waals surface area contributed by atoms with Crippen molar-refractivity contribution in [1.29, 1.82) is 0 Å². The maximum Gasteiger partial charge on any atom is 0.159 e. The maximum absolute atomic E-state index is 6.65. The van der Waals surface area contributed by atoms with Crippen LogP contribution in [0, 0.1) is 0 Å². The SMILES string of the molecule is CC1(C)c2ccccc2-c2cc3c(cc21)c1ccc2c(c1n3-c1cccc3c1oc1ccccc13)Sc1ccccc1S2. The quantitative estimate of drug-likeness (QED) is 0.190. The van der Waals surface area contributed by atoms with Gasteiger partial charge < -0.3 is 8.98 Å². The molecule has 0 bridgehead atoms. The number of benzene rings is 6. The zero-order chi connectivity index (χ0) is 28.4. The van der Waals surface area contributed by atoms with Crippen LogP contribution >= 0.6 is 23.5 Å². The predicted molar refractivity (Wildman–Crippen MR) is 180 cm³/mol. The molecular formula is C39H25NOS2. The highest BCUT2D eigenvalue weighted by atomic mass is 32.2. The van der Waals surface area contributed by atoms with Crippen LogP contribution < -0.4 is 0 Å². The molecule has 4 heteroatoms. The van der Waals surface area contributed by atoms with Gasteiger partial charge in [-0.05, 0) is 64.7 Å². The molecule has 0 saturated carbocycles. The number of fused-ring (bicyclic) bond motifs is 12. The third kappa shape index (κ3) is 3.12. The van der Waals surface area contributed by atoms with Crippen molar-refractivity contribution in [1.82, 2.24) is 4.57 Å². The summed E-state index contributed by atoms with van der Waals surface area (Å²) in [6.45, 7) is 4.73. The first kappa shape index (κ1) is 24.1. The first-order valence-electron chi connectivity index (χ1n) is 14.7. The van der Waals surface area contributed by atoms with E-state index in [2.05, 4.69) is 134 Å². The first-order valence-corrected chi connectivity index (χ1v) is 16.3. The summed E-state index contributed by atoms with van der Waals surface area (Å²) >= 11 is 3.76. The monoisotopic (exact) mass is 587 g/mol. The Morgan fingerprint density at radius 3 is 2.26 bits per heavy atom. The molecule has 0 N–H and O–H groups in total. The zero-order valence-corrected chi connectivity index (χ0v) is 25.3. The van der Waals surface area contributed by atoms with E-state index in [9.17, 15) is 0 Å². The molecule has 204 valence electrons. The molecule has 0 fully saturated rings. The summed E-state index contributed by atoms with van der Waals surface area (Å²) in [5.74, 6) is 0. The van der Waals surface area contributed by atoms with Crippen LogP contribution in [0.25, 0.3) is 60.6 Å². The highest BCUT2D eigenvalue weighted by Crippen LogP contribution is 2.55. The van der Waals surface area contributed by atoms with E-state index in [-0.39, 0.29) is 5.41 Å². The van der Waals surface area contributed by atoms with E-state index in [1.807, 2.05) is 23.5 Å². The number of furan rings is 1. The number of para-hydroxylation sites is 2. The summed E-state index contributed by atoms with van der Waals surface area (Å²) in [5.41, 5.74) is 10.8. The largest absolute Gasteiger partial charge is 0.454 e. The Hall–Kier alpha value is -4.38. The van der Waals surface area contributed by atoms with Gasteiger partial charge in [0.15, 0.2) is 5.58 Å². The number of rotatable bonds is 1. The third-order valence-corrected chi connectivity index (χ3v) is 12.0. The van der Waals surface area contributed by atoms with Gasteiger partial charge >= 0.3 is 0 Å². The summed E-state index contributed by atoms with van der Waals surface area (Å²) in [4.78, 5) is 5.24. The Morgan fingerprint density at radius 2 is 1.35 bits per heavy atom. The molecule has 1 aliphatic heterocycles. The van der Waals surface area contributed by atoms with Gasteiger partial charge in [-0.15, -0.1) is 0 Å². The van der Waals surface area contributed by atoms with Crippen molar-refractivity contribution >= 4 is 67.3 Å². The molecule has 10 rings (SSSR count). The van der Waals surface area contributed by atoms with Crippen LogP contribution in [0.2, 0.25) is 0 Å². The lowest BCUT2D eigenvalue weighted by molar-refractivity contribution is 0.661. The van der Waals surface area contributed by atoms with Crippen LogP contribution in [0.15, 0.2) is 139 Å². The lowest BCUT2D eigenvalue weighted by Crippen LogP contribution is -2.14. The van der Waals surface area contributed by atoms with Crippen LogP contribution in [0.4, 0.5) is 0 Å². The highest BCUT2D eigenvalue weighted by Gasteiger charge is 2.36. The molecular weight excluding hydrogens is 563 g/mol. The molecule has 0 radical (unpaired) electrons. The van der Waals surface area contributed by atoms with E-state index >= 15 is 0 Å². The van der Waals surface area contributed by atoms with Crippen LogP contribution in [-0.4, -0.2) is 4.57 Å². The Balaban J connectivity index is 1.38. The summed E-state index contributed by atoms with van der Waals surface area (Å²) in [6, 6.07) is 42.2. The Labute approximate surface area is 257 Å². The van der Waals surface area contributed by atoms with Crippen molar-refractivity contribution in [3.05, 3.63) is 126 Å². The van der Waals surface area contributed by atoms with Crippen LogP contribution in [0.1, 0.15) is 25.0 Å². The summed E-state index contributed by atoms with van der Waals surface area (Å²) < 4.78 is 9.14. The molecule has 1 aliphatic carbocycles. The molecule has 43 heavy (non-hydrogen) atoms. The molecule has 2 aromatic heterocycles. The highest BCUT2D eigenvalue weighted by molar-refractivity contribution is 8.05. The van der Waals surface area contributed by atoms with E-state index < -0.39 is 0 Å². The van der Waals surface area contributed by atoms with E-state index in [4.69, 9.17) is 4.42 Å². The molecule has 0 atom stereocenters. The van der Waals surface area contributed by atoms with Gasteiger partial charge in [0.2, 0.25) is 0 Å². The van der Waals surface area contributed by atoms with E-state index in [0.717, 1.165) is 27.6 Å². The lowest BCUT2D eigenvalue weighted by Gasteiger charge is -2.21. The summed E-state index contributed by atoms with van der Waals surface area (Å²) in [7, 11) is 0. The van der Waals surface area contributed by atoms with Gasteiger partial charge in [0.25, 0.3) is 0 Å². The van der Waals surface area contributed by atoms with E-state index in [0.29, 0.717) is 0 Å². The number of hydrogen-bond donors (Lipinski definition) is 0. The molecule has 2 nitrogen and oxygen atoms in total. The zero-order valence-electron chi connectivity index (χ0n) is 23.6. The predicted octanol–water partition coefficient (Wildman–Crippen LogP) is 11.6. The fourth-order valence-electron chi connectivity index (χ4n) is 7.43. The lowest BCUT2D eigenvalue weighted by atomic mass is 9.82. The third-order valence-electron chi connectivity index (χ3n) is 9.46. The van der Waals surface area contributed by atoms with Gasteiger partial charge in [0.05, 0.1) is 21.6 Å². The Morgan fingerprint density at radius 1 is 0.581 bits per heavy atom. The minimum Gasteiger partial charge on any atom is -0.454 e. The molecule has 0 spiro atoms. The fraction of sp³-hybridized carbons (Fsp3) is 0.0769. The van der Waals surface area contributed by atoms with Crippen molar-refractivity contribution in [2.24, 2.45) is 0 Å². The second-order valence-electron chi connectivity index (χ2n) is 12.1. The molecule has 0 unspecified atom stereocenters. The summed E-state index contributed by atoms with van der Waals surface area (Å²) in [5, 5.41) is 4.87. The summed E-state index contributed by atoms with van der Waals surface area (Å²) in [6.07, 6.45) is 0. The van der Waals surface area contributed by atoms with Gasteiger partial charge in [-0.3, -0.25) is 0 Å². The normalized spacial score (nSPS) is 14.7. The number of hydrogen-bond acceptors (Lipinski definition) is 3. The van der Waals surface area contributed by atoms with E-state index in [1.165, 1.54) is 63.6 Å². The first-order chi connectivity index (χ1) is 21.1. The topological polar surface area (TPSA) is 18.1 Å². The second kappa shape index (κ2) is 8.37. The molecule has 0 saturated heterocycles. The molecule has 3 heterocycles. The smallest absolute Gasteiger partial charge is 0.159 e. The van der Waals surface area contributed by atoms with Gasteiger partial charge in [-0.25, -0.2) is 0 Å². The Bertz CT molecular complexity index is 2500. The minimum absolute atomic E-state index is 0.0644. The van der Waals surface area contributed by atoms with E-state index in [1.54, 1.807) is 0 Å². The van der Waals surface area contributed by atoms with Crippen molar-refractivity contribution in [2.45, 2.75) is 38.8 Å². The second-order valence-corrected chi connectivity index (χ2v) is 14.2. The van der Waals surface area contributed by atoms with Gasteiger partial charge in [0, 0.05) is 41.6 Å². The molecule has 0 amide bonds. The standard InChI is InChI=1S/C39H25NOS2/c1-39(2)28-13-5-3-10-22(28)26-21-31-27(20-29(26)39)24-18-19-35-38(43-34-17-8-7-16-33(34)42-35)36(24)40(31)30-14-9-12-25-23-11-4-6-15-32(23)41-37(25)30/h3-21H,1-2H3. The van der Waals surface area contributed by atoms with Crippen molar-refractivity contribution in [3.63, 3.8) is 0 Å². The van der Waals surface area contributed by atoms with Gasteiger partial charge in [-0.1, -0.05) is 110 Å². The van der Waals surface area contributed by atoms with Crippen molar-refractivity contribution < 1.29 is 4.42 Å². The van der Waals surface area contributed by atoms with Crippen molar-refractivity contribution in [3.8, 4) is 16.8 Å². The van der Waals surface area contributed by atoms with Gasteiger partial charge in [-0.2, -0.15) is 0 Å². The minimum atomic E-state index is -0.0644. The van der Waals surface area contributed by atoms with Crippen LogP contribution in [0.3, 0.4) is 0 Å². The van der Waals surface area contributed by atoms with Gasteiger partial charge in [0.1, 0.15) is 5.58 Å². The fourth-order valence-corrected chi connectivity index (χ4v) is 9.81. The van der Waals surface area contributed by atoms with Crippen LogP contribution in [-0.2, 0) is 5.41 Å². The number of nitrogens with zero attached hydrogens (tertiary/aromatic N) is 1. The number of aromatic nitrogens is 1. The molecule has 6 aromatic carbocycles. The Kier molecular flexibility index (Phi) is 4.69. The average Bonchev–Trinajstić information content (AvgIpc) is 3.65. The van der Waals surface area contributed by atoms with Crippen LogP contribution in [0.5, 0.6) is 0 Å². The maximum atomic E-state index is 6.65. The molecule has 2 aliphatic rings.